The van der Waals surface area contributed by atoms with Crippen molar-refractivity contribution in [2.75, 3.05) is 13.1 Å². The smallest absolute Gasteiger partial charge is 0.251 e. The fourth-order valence-electron chi connectivity index (χ4n) is 2.90. The molecule has 25 heavy (non-hydrogen) atoms. The minimum atomic E-state index is -3.56. The minimum Gasteiger partial charge on any atom is -0.349 e. The zero-order valence-electron chi connectivity index (χ0n) is 15.7. The van der Waals surface area contributed by atoms with Crippen molar-refractivity contribution >= 4 is 15.9 Å². The van der Waals surface area contributed by atoms with E-state index in [0.717, 1.165) is 25.7 Å². The Bertz CT molecular complexity index is 705. The number of carbonyl (C=O) groups is 1. The van der Waals surface area contributed by atoms with Crippen molar-refractivity contribution in [3.05, 3.63) is 29.3 Å². The van der Waals surface area contributed by atoms with E-state index in [9.17, 15) is 13.2 Å². The van der Waals surface area contributed by atoms with E-state index in [-0.39, 0.29) is 16.8 Å². The number of aryl methyl sites for hydroxylation is 1. The number of benzene rings is 1. The van der Waals surface area contributed by atoms with Gasteiger partial charge in [0.25, 0.3) is 5.91 Å². The number of sulfonamides is 1. The van der Waals surface area contributed by atoms with Gasteiger partial charge in [0, 0.05) is 24.7 Å². The second-order valence-corrected chi connectivity index (χ2v) is 9.21. The molecule has 5 nitrogen and oxygen atoms in total. The number of hydrogen-bond acceptors (Lipinski definition) is 3. The highest BCUT2D eigenvalue weighted by Gasteiger charge is 2.27. The van der Waals surface area contributed by atoms with Crippen LogP contribution in [-0.2, 0) is 10.0 Å². The second kappa shape index (κ2) is 8.32. The molecule has 0 bridgehead atoms. The number of nitrogens with zero attached hydrogens (tertiary/aromatic N) is 1. The maximum Gasteiger partial charge on any atom is 0.251 e. The molecule has 0 aromatic heterocycles. The van der Waals surface area contributed by atoms with Crippen molar-refractivity contribution in [3.8, 4) is 0 Å². The third kappa shape index (κ3) is 4.82. The summed E-state index contributed by atoms with van der Waals surface area (Å²) in [5.74, 6) is 0.0863. The van der Waals surface area contributed by atoms with Crippen LogP contribution in [0.1, 0.15) is 62.4 Å². The van der Waals surface area contributed by atoms with E-state index in [4.69, 9.17) is 0 Å². The van der Waals surface area contributed by atoms with E-state index in [1.54, 1.807) is 23.4 Å². The lowest BCUT2D eigenvalue weighted by molar-refractivity contribution is 0.0930. The topological polar surface area (TPSA) is 66.5 Å². The van der Waals surface area contributed by atoms with Gasteiger partial charge in [0.15, 0.2) is 0 Å². The molecule has 6 heteroatoms. The first-order chi connectivity index (χ1) is 11.7. The van der Waals surface area contributed by atoms with Gasteiger partial charge in [-0.25, -0.2) is 8.42 Å². The largest absolute Gasteiger partial charge is 0.349 e. The zero-order chi connectivity index (χ0) is 18.6. The van der Waals surface area contributed by atoms with Gasteiger partial charge in [-0.2, -0.15) is 4.31 Å². The average Bonchev–Trinajstić information content (AvgIpc) is 2.84. The van der Waals surface area contributed by atoms with Gasteiger partial charge in [-0.05, 0) is 50.3 Å². The average molecular weight is 367 g/mol. The molecule has 1 atom stereocenters. The summed E-state index contributed by atoms with van der Waals surface area (Å²) in [6.45, 7) is 8.92. The van der Waals surface area contributed by atoms with Crippen LogP contribution >= 0.6 is 0 Å². The summed E-state index contributed by atoms with van der Waals surface area (Å²) in [4.78, 5) is 12.7. The summed E-state index contributed by atoms with van der Waals surface area (Å²) < 4.78 is 27.7. The molecule has 1 N–H and O–H groups in total. The lowest BCUT2D eigenvalue weighted by Gasteiger charge is -2.22. The van der Waals surface area contributed by atoms with Crippen LogP contribution in [0.4, 0.5) is 0 Å². The fourth-order valence-corrected chi connectivity index (χ4v) is 4.67. The zero-order valence-corrected chi connectivity index (χ0v) is 16.5. The van der Waals surface area contributed by atoms with Crippen molar-refractivity contribution < 1.29 is 13.2 Å². The highest BCUT2D eigenvalue weighted by molar-refractivity contribution is 7.89. The molecular formula is C19H30N2O3S. The van der Waals surface area contributed by atoms with Crippen molar-refractivity contribution in [3.63, 3.8) is 0 Å². The Hall–Kier alpha value is -1.40. The highest BCUT2D eigenvalue weighted by atomic mass is 32.2. The number of carbonyl (C=O) groups excluding carboxylic acids is 1. The molecule has 0 unspecified atom stereocenters. The van der Waals surface area contributed by atoms with Crippen LogP contribution in [-0.4, -0.2) is 37.8 Å². The Morgan fingerprint density at radius 3 is 2.24 bits per heavy atom. The third-order valence-electron chi connectivity index (χ3n) is 4.99. The van der Waals surface area contributed by atoms with Gasteiger partial charge in [0.2, 0.25) is 10.0 Å². The van der Waals surface area contributed by atoms with Gasteiger partial charge in [0.1, 0.15) is 0 Å². The normalized spacial score (nSPS) is 18.0. The summed E-state index contributed by atoms with van der Waals surface area (Å²) in [6, 6.07) is 4.97. The standard InChI is InChI=1S/C19H30N2O3S/c1-14(2)16(4)20-19(22)17-10-9-15(3)18(13-17)25(23,24)21-11-7-5-6-8-12-21/h9-10,13-14,16H,5-8,11-12H2,1-4H3,(H,20,22)/t16-/m0/s1. The Labute approximate surface area is 151 Å². The fraction of sp³-hybridized carbons (Fsp3) is 0.632. The van der Waals surface area contributed by atoms with Crippen molar-refractivity contribution in [2.45, 2.75) is 64.3 Å². The molecule has 1 aliphatic rings. The maximum absolute atomic E-state index is 13.1. The lowest BCUT2D eigenvalue weighted by Crippen LogP contribution is -2.36. The minimum absolute atomic E-state index is 0.0273. The molecule has 1 aromatic carbocycles. The van der Waals surface area contributed by atoms with Gasteiger partial charge in [-0.1, -0.05) is 32.8 Å². The van der Waals surface area contributed by atoms with Gasteiger partial charge < -0.3 is 5.32 Å². The van der Waals surface area contributed by atoms with Crippen LogP contribution in [0.3, 0.4) is 0 Å². The highest BCUT2D eigenvalue weighted by Crippen LogP contribution is 2.24. The summed E-state index contributed by atoms with van der Waals surface area (Å²) in [7, 11) is -3.56. The Morgan fingerprint density at radius 2 is 1.68 bits per heavy atom. The van der Waals surface area contributed by atoms with Crippen LogP contribution in [0.5, 0.6) is 0 Å². The summed E-state index contributed by atoms with van der Waals surface area (Å²) in [6.07, 6.45) is 3.93. The Kier molecular flexibility index (Phi) is 6.63. The maximum atomic E-state index is 13.1. The second-order valence-electron chi connectivity index (χ2n) is 7.30. The number of nitrogens with one attached hydrogen (secondary N) is 1. The van der Waals surface area contributed by atoms with Crippen LogP contribution in [0, 0.1) is 12.8 Å². The van der Waals surface area contributed by atoms with E-state index in [1.807, 2.05) is 20.8 Å². The van der Waals surface area contributed by atoms with Gasteiger partial charge in [-0.15, -0.1) is 0 Å². The van der Waals surface area contributed by atoms with Crippen LogP contribution in [0.2, 0.25) is 0 Å². The molecule has 1 fully saturated rings. The van der Waals surface area contributed by atoms with Crippen molar-refractivity contribution in [1.29, 1.82) is 0 Å². The predicted molar refractivity (Wildman–Crippen MR) is 100 cm³/mol. The molecule has 0 spiro atoms. The predicted octanol–water partition coefficient (Wildman–Crippen LogP) is 3.33. The molecule has 1 aromatic rings. The number of hydrogen-bond donors (Lipinski definition) is 1. The first-order valence-corrected chi connectivity index (χ1v) is 10.6. The van der Waals surface area contributed by atoms with Crippen molar-refractivity contribution in [2.24, 2.45) is 5.92 Å². The molecule has 0 radical (unpaired) electrons. The van der Waals surface area contributed by atoms with Crippen LogP contribution in [0.15, 0.2) is 23.1 Å². The third-order valence-corrected chi connectivity index (χ3v) is 7.03. The monoisotopic (exact) mass is 366 g/mol. The molecule has 140 valence electrons. The van der Waals surface area contributed by atoms with E-state index in [2.05, 4.69) is 5.32 Å². The van der Waals surface area contributed by atoms with Gasteiger partial charge in [-0.3, -0.25) is 4.79 Å². The molecule has 1 amide bonds. The number of amides is 1. The molecule has 0 aliphatic carbocycles. The van der Waals surface area contributed by atoms with E-state index in [0.29, 0.717) is 30.1 Å². The Balaban J connectivity index is 2.30. The first-order valence-electron chi connectivity index (χ1n) is 9.15. The quantitative estimate of drug-likeness (QED) is 0.869. The van der Waals surface area contributed by atoms with Crippen molar-refractivity contribution in [1.82, 2.24) is 9.62 Å². The molecule has 1 heterocycles. The van der Waals surface area contributed by atoms with Crippen LogP contribution < -0.4 is 5.32 Å². The molecule has 0 saturated carbocycles. The molecule has 1 aliphatic heterocycles. The Morgan fingerprint density at radius 1 is 1.08 bits per heavy atom. The first kappa shape index (κ1) is 19.9. The van der Waals surface area contributed by atoms with E-state index < -0.39 is 10.0 Å². The molecular weight excluding hydrogens is 336 g/mol. The van der Waals surface area contributed by atoms with Crippen LogP contribution in [0.25, 0.3) is 0 Å². The van der Waals surface area contributed by atoms with E-state index in [1.165, 1.54) is 6.07 Å². The van der Waals surface area contributed by atoms with Gasteiger partial charge in [0.05, 0.1) is 4.90 Å². The SMILES string of the molecule is Cc1ccc(C(=O)N[C@@H](C)C(C)C)cc1S(=O)(=O)N1CCCCCC1. The van der Waals surface area contributed by atoms with E-state index >= 15 is 0 Å². The molecule has 1 saturated heterocycles. The lowest BCUT2D eigenvalue weighted by atomic mass is 10.1. The summed E-state index contributed by atoms with van der Waals surface area (Å²) in [5.41, 5.74) is 1.07. The summed E-state index contributed by atoms with van der Waals surface area (Å²) >= 11 is 0. The van der Waals surface area contributed by atoms with Gasteiger partial charge >= 0.3 is 0 Å². The summed E-state index contributed by atoms with van der Waals surface area (Å²) in [5, 5.41) is 2.94. The molecule has 2 rings (SSSR count). The number of rotatable bonds is 5.